The molecule has 0 amide bonds. The predicted molar refractivity (Wildman–Crippen MR) is 98.0 cm³/mol. The van der Waals surface area contributed by atoms with Crippen molar-refractivity contribution in [2.45, 2.75) is 64.6 Å². The van der Waals surface area contributed by atoms with E-state index in [1.807, 2.05) is 6.20 Å². The largest absolute Gasteiger partial charge is 0.351 e. The molecule has 4 nitrogen and oxygen atoms in total. The summed E-state index contributed by atoms with van der Waals surface area (Å²) < 4.78 is 0. The number of piperidine rings is 1. The Morgan fingerprint density at radius 1 is 1.22 bits per heavy atom. The highest BCUT2D eigenvalue weighted by atomic mass is 32.1. The van der Waals surface area contributed by atoms with E-state index in [1.165, 1.54) is 4.88 Å². The molecule has 2 aromatic heterocycles. The van der Waals surface area contributed by atoms with E-state index in [2.05, 4.69) is 67.7 Å². The lowest BCUT2D eigenvalue weighted by Crippen LogP contribution is -2.60. The minimum Gasteiger partial charge on any atom is -0.351 e. The molecule has 0 bridgehead atoms. The third kappa shape index (κ3) is 3.90. The van der Waals surface area contributed by atoms with Crippen molar-refractivity contribution in [2.75, 3.05) is 5.32 Å². The highest BCUT2D eigenvalue weighted by Crippen LogP contribution is 2.31. The Labute approximate surface area is 142 Å². The van der Waals surface area contributed by atoms with E-state index in [-0.39, 0.29) is 11.1 Å². The van der Waals surface area contributed by atoms with Gasteiger partial charge in [-0.1, -0.05) is 6.07 Å². The minimum atomic E-state index is 0.112. The normalized spacial score (nSPS) is 20.4. The first-order valence-corrected chi connectivity index (χ1v) is 9.05. The van der Waals surface area contributed by atoms with Gasteiger partial charge in [-0.2, -0.15) is 0 Å². The molecule has 0 atom stereocenters. The number of thiophene rings is 1. The summed E-state index contributed by atoms with van der Waals surface area (Å²) in [6.07, 6.45) is 4.03. The number of hydrogen-bond donors (Lipinski definition) is 2. The molecule has 0 radical (unpaired) electrons. The van der Waals surface area contributed by atoms with Crippen LogP contribution in [0, 0.1) is 6.92 Å². The first kappa shape index (κ1) is 16.4. The van der Waals surface area contributed by atoms with E-state index >= 15 is 0 Å². The van der Waals surface area contributed by atoms with Crippen molar-refractivity contribution in [1.82, 2.24) is 15.3 Å². The lowest BCUT2D eigenvalue weighted by atomic mass is 9.80. The smallest absolute Gasteiger partial charge is 0.223 e. The Morgan fingerprint density at radius 3 is 2.52 bits per heavy atom. The number of nitrogens with one attached hydrogen (secondary N) is 2. The van der Waals surface area contributed by atoms with Crippen molar-refractivity contribution in [3.63, 3.8) is 0 Å². The molecule has 3 rings (SSSR count). The molecule has 0 spiro atoms. The molecule has 2 aromatic rings. The van der Waals surface area contributed by atoms with Gasteiger partial charge in [0.15, 0.2) is 0 Å². The van der Waals surface area contributed by atoms with Crippen LogP contribution in [0.5, 0.6) is 0 Å². The van der Waals surface area contributed by atoms with Gasteiger partial charge < -0.3 is 10.6 Å². The first-order chi connectivity index (χ1) is 10.7. The maximum absolute atomic E-state index is 4.77. The Kier molecular flexibility index (Phi) is 4.19. The van der Waals surface area contributed by atoms with Crippen molar-refractivity contribution in [2.24, 2.45) is 0 Å². The molecule has 1 fully saturated rings. The molecule has 3 heterocycles. The van der Waals surface area contributed by atoms with Gasteiger partial charge in [0.1, 0.15) is 0 Å². The predicted octanol–water partition coefficient (Wildman–Crippen LogP) is 4.23. The van der Waals surface area contributed by atoms with E-state index in [0.29, 0.717) is 6.04 Å². The fraction of sp³-hybridized carbons (Fsp3) is 0.556. The topological polar surface area (TPSA) is 49.8 Å². The average Bonchev–Trinajstić information content (AvgIpc) is 2.91. The van der Waals surface area contributed by atoms with Crippen LogP contribution in [0.2, 0.25) is 0 Å². The van der Waals surface area contributed by atoms with Crippen LogP contribution in [0.1, 0.15) is 46.1 Å². The third-order valence-electron chi connectivity index (χ3n) is 4.25. The summed E-state index contributed by atoms with van der Waals surface area (Å²) in [7, 11) is 0. The van der Waals surface area contributed by atoms with Crippen LogP contribution in [0.4, 0.5) is 5.95 Å². The number of nitrogens with zero attached hydrogens (tertiary/aromatic N) is 2. The standard InChI is InChI=1S/C18H26N4S/c1-12-11-19-16(21-15(12)14-7-6-8-23-14)20-13-9-17(2,3)22-18(4,5)10-13/h6-8,11,13,22H,9-10H2,1-5H3,(H,19,20,21). The number of aryl methyl sites for hydroxylation is 1. The molecule has 5 heteroatoms. The summed E-state index contributed by atoms with van der Waals surface area (Å²) in [6.45, 7) is 11.1. The molecule has 2 N–H and O–H groups in total. The Balaban J connectivity index is 1.82. The van der Waals surface area contributed by atoms with Gasteiger partial charge in [0.05, 0.1) is 10.6 Å². The zero-order valence-electron chi connectivity index (χ0n) is 14.6. The maximum atomic E-state index is 4.77. The zero-order chi connectivity index (χ0) is 16.7. The summed E-state index contributed by atoms with van der Waals surface area (Å²) >= 11 is 1.72. The van der Waals surface area contributed by atoms with Crippen molar-refractivity contribution < 1.29 is 0 Å². The maximum Gasteiger partial charge on any atom is 0.223 e. The van der Waals surface area contributed by atoms with Gasteiger partial charge >= 0.3 is 0 Å². The van der Waals surface area contributed by atoms with Crippen LogP contribution in [-0.4, -0.2) is 27.1 Å². The van der Waals surface area contributed by atoms with E-state index in [1.54, 1.807) is 11.3 Å². The lowest BCUT2D eigenvalue weighted by molar-refractivity contribution is 0.170. The highest BCUT2D eigenvalue weighted by Gasteiger charge is 2.37. The molecule has 1 saturated heterocycles. The second-order valence-electron chi connectivity index (χ2n) is 7.84. The highest BCUT2D eigenvalue weighted by molar-refractivity contribution is 7.13. The number of anilines is 1. The monoisotopic (exact) mass is 330 g/mol. The Morgan fingerprint density at radius 2 is 1.91 bits per heavy atom. The molecule has 1 aliphatic heterocycles. The van der Waals surface area contributed by atoms with E-state index < -0.39 is 0 Å². The number of aromatic nitrogens is 2. The van der Waals surface area contributed by atoms with Crippen molar-refractivity contribution in [3.8, 4) is 10.6 Å². The van der Waals surface area contributed by atoms with Gasteiger partial charge in [0.2, 0.25) is 5.95 Å². The van der Waals surface area contributed by atoms with Gasteiger partial charge in [0, 0.05) is 23.3 Å². The quantitative estimate of drug-likeness (QED) is 0.884. The summed E-state index contributed by atoms with van der Waals surface area (Å²) in [4.78, 5) is 10.5. The molecule has 0 aromatic carbocycles. The van der Waals surface area contributed by atoms with E-state index in [9.17, 15) is 0 Å². The summed E-state index contributed by atoms with van der Waals surface area (Å²) in [6, 6.07) is 4.55. The Bertz CT molecular complexity index is 660. The number of hydrogen-bond acceptors (Lipinski definition) is 5. The van der Waals surface area contributed by atoms with Gasteiger partial charge in [-0.25, -0.2) is 9.97 Å². The second kappa shape index (κ2) is 5.87. The number of rotatable bonds is 3. The molecule has 0 unspecified atom stereocenters. The van der Waals surface area contributed by atoms with E-state index in [0.717, 1.165) is 30.0 Å². The second-order valence-corrected chi connectivity index (χ2v) is 8.79. The van der Waals surface area contributed by atoms with Crippen LogP contribution in [0.3, 0.4) is 0 Å². The SMILES string of the molecule is Cc1cnc(NC2CC(C)(C)NC(C)(C)C2)nc1-c1cccs1. The van der Waals surface area contributed by atoms with Crippen molar-refractivity contribution >= 4 is 17.3 Å². The van der Waals surface area contributed by atoms with Crippen molar-refractivity contribution in [1.29, 1.82) is 0 Å². The van der Waals surface area contributed by atoms with Crippen LogP contribution in [0.25, 0.3) is 10.6 Å². The molecule has 0 aliphatic carbocycles. The van der Waals surface area contributed by atoms with Crippen molar-refractivity contribution in [3.05, 3.63) is 29.3 Å². The summed E-state index contributed by atoms with van der Waals surface area (Å²) in [5.74, 6) is 0.734. The molecule has 0 saturated carbocycles. The van der Waals surface area contributed by atoms with Gasteiger partial charge in [-0.3, -0.25) is 0 Å². The minimum absolute atomic E-state index is 0.112. The average molecular weight is 331 g/mol. The first-order valence-electron chi connectivity index (χ1n) is 8.18. The Hall–Kier alpha value is -1.46. The fourth-order valence-corrected chi connectivity index (χ4v) is 4.56. The third-order valence-corrected chi connectivity index (χ3v) is 5.13. The van der Waals surface area contributed by atoms with Gasteiger partial charge in [0.25, 0.3) is 0 Å². The summed E-state index contributed by atoms with van der Waals surface area (Å²) in [5.41, 5.74) is 2.37. The fourth-order valence-electron chi connectivity index (χ4n) is 3.78. The van der Waals surface area contributed by atoms with Crippen LogP contribution >= 0.6 is 11.3 Å². The van der Waals surface area contributed by atoms with Gasteiger partial charge in [-0.15, -0.1) is 11.3 Å². The molecule has 1 aliphatic rings. The van der Waals surface area contributed by atoms with E-state index in [4.69, 9.17) is 4.98 Å². The van der Waals surface area contributed by atoms with Crippen LogP contribution < -0.4 is 10.6 Å². The molecular formula is C18H26N4S. The molecule has 23 heavy (non-hydrogen) atoms. The van der Waals surface area contributed by atoms with Crippen LogP contribution in [-0.2, 0) is 0 Å². The molecule has 124 valence electrons. The zero-order valence-corrected chi connectivity index (χ0v) is 15.4. The van der Waals surface area contributed by atoms with Crippen LogP contribution in [0.15, 0.2) is 23.7 Å². The summed E-state index contributed by atoms with van der Waals surface area (Å²) in [5, 5.41) is 9.36. The van der Waals surface area contributed by atoms with Gasteiger partial charge in [-0.05, 0) is 64.5 Å². The lowest BCUT2D eigenvalue weighted by Gasteiger charge is -2.46. The molecular weight excluding hydrogens is 304 g/mol.